The number of alkyl halides is 3. The molecule has 0 radical (unpaired) electrons. The molecule has 0 bridgehead atoms. The van der Waals surface area contributed by atoms with Crippen LogP contribution in [0.15, 0.2) is 35.1 Å². The van der Waals surface area contributed by atoms with E-state index in [1.165, 1.54) is 18.2 Å². The number of H-pyrrole nitrogens is 1. The second-order valence-corrected chi connectivity index (χ2v) is 5.73. The molecule has 24 heavy (non-hydrogen) atoms. The predicted octanol–water partition coefficient (Wildman–Crippen LogP) is 2.42. The van der Waals surface area contributed by atoms with Crippen LogP contribution in [0.25, 0.3) is 0 Å². The van der Waals surface area contributed by atoms with E-state index in [2.05, 4.69) is 9.97 Å². The van der Waals surface area contributed by atoms with Gasteiger partial charge in [0.15, 0.2) is 0 Å². The van der Waals surface area contributed by atoms with E-state index in [0.29, 0.717) is 43.5 Å². The Balaban J connectivity index is 1.72. The minimum Gasteiger partial charge on any atom is -0.368 e. The maximum absolute atomic E-state index is 12.8. The topological polar surface area (TPSA) is 52.2 Å². The van der Waals surface area contributed by atoms with Gasteiger partial charge in [-0.05, 0) is 25.1 Å². The molecule has 2 heterocycles. The molecule has 5 nitrogen and oxygen atoms in total. The van der Waals surface area contributed by atoms with Crippen molar-refractivity contribution >= 4 is 11.6 Å². The monoisotopic (exact) mass is 338 g/mol. The van der Waals surface area contributed by atoms with Gasteiger partial charge in [-0.1, -0.05) is 6.07 Å². The van der Waals surface area contributed by atoms with Crippen LogP contribution in [0.3, 0.4) is 0 Å². The van der Waals surface area contributed by atoms with Crippen molar-refractivity contribution in [3.05, 3.63) is 51.9 Å². The van der Waals surface area contributed by atoms with Crippen molar-refractivity contribution in [2.24, 2.45) is 0 Å². The number of halogens is 3. The Morgan fingerprint density at radius 1 is 1.08 bits per heavy atom. The minimum atomic E-state index is -4.34. The summed E-state index contributed by atoms with van der Waals surface area (Å²) in [5.41, 5.74) is 0.328. The van der Waals surface area contributed by atoms with Crippen LogP contribution in [-0.4, -0.2) is 36.1 Å². The van der Waals surface area contributed by atoms with Gasteiger partial charge >= 0.3 is 6.18 Å². The van der Waals surface area contributed by atoms with Gasteiger partial charge in [0, 0.05) is 43.6 Å². The van der Waals surface area contributed by atoms with Crippen molar-refractivity contribution in [3.8, 4) is 0 Å². The van der Waals surface area contributed by atoms with E-state index in [1.54, 1.807) is 13.0 Å². The molecule has 1 aromatic carbocycles. The maximum atomic E-state index is 12.8. The molecule has 0 atom stereocenters. The van der Waals surface area contributed by atoms with E-state index in [1.807, 2.05) is 9.80 Å². The number of hydrogen-bond acceptors (Lipinski definition) is 4. The van der Waals surface area contributed by atoms with Crippen LogP contribution >= 0.6 is 0 Å². The summed E-state index contributed by atoms with van der Waals surface area (Å²) in [6, 6.07) is 6.76. The highest BCUT2D eigenvalue weighted by Crippen LogP contribution is 2.31. The van der Waals surface area contributed by atoms with E-state index in [9.17, 15) is 18.0 Å². The van der Waals surface area contributed by atoms with Crippen LogP contribution in [0.4, 0.5) is 24.8 Å². The van der Waals surface area contributed by atoms with Crippen molar-refractivity contribution in [1.29, 1.82) is 0 Å². The fraction of sp³-hybridized carbons (Fsp3) is 0.375. The van der Waals surface area contributed by atoms with Gasteiger partial charge in [0.1, 0.15) is 0 Å². The Kier molecular flexibility index (Phi) is 4.21. The molecule has 8 heteroatoms. The van der Waals surface area contributed by atoms with Crippen LogP contribution in [0, 0.1) is 6.92 Å². The Bertz CT molecular complexity index is 779. The Morgan fingerprint density at radius 3 is 2.38 bits per heavy atom. The second-order valence-electron chi connectivity index (χ2n) is 5.73. The third kappa shape index (κ3) is 3.52. The lowest BCUT2D eigenvalue weighted by Gasteiger charge is -2.36. The number of aromatic nitrogens is 2. The van der Waals surface area contributed by atoms with Gasteiger partial charge in [-0.15, -0.1) is 0 Å². The molecule has 1 fully saturated rings. The normalized spacial score (nSPS) is 15.7. The van der Waals surface area contributed by atoms with Crippen LogP contribution in [-0.2, 0) is 6.18 Å². The van der Waals surface area contributed by atoms with Gasteiger partial charge in [-0.3, -0.25) is 9.78 Å². The second kappa shape index (κ2) is 6.18. The summed E-state index contributed by atoms with van der Waals surface area (Å²) in [5.74, 6) is 0.503. The molecule has 0 saturated carbocycles. The number of benzene rings is 1. The zero-order chi connectivity index (χ0) is 17.3. The third-order valence-corrected chi connectivity index (χ3v) is 3.98. The van der Waals surface area contributed by atoms with E-state index < -0.39 is 11.7 Å². The number of rotatable bonds is 2. The number of aryl methyl sites for hydroxylation is 1. The van der Waals surface area contributed by atoms with Crippen LogP contribution in [0.2, 0.25) is 0 Å². The zero-order valence-corrected chi connectivity index (χ0v) is 13.1. The Labute approximate surface area is 136 Å². The number of piperazine rings is 1. The molecule has 1 aliphatic rings. The average molecular weight is 338 g/mol. The Hall–Kier alpha value is -2.51. The lowest BCUT2D eigenvalue weighted by Crippen LogP contribution is -2.47. The van der Waals surface area contributed by atoms with Crippen molar-refractivity contribution in [2.45, 2.75) is 13.1 Å². The highest BCUT2D eigenvalue weighted by atomic mass is 19.4. The quantitative estimate of drug-likeness (QED) is 0.914. The fourth-order valence-corrected chi connectivity index (χ4v) is 2.77. The van der Waals surface area contributed by atoms with Crippen LogP contribution in [0.5, 0.6) is 0 Å². The summed E-state index contributed by atoms with van der Waals surface area (Å²) in [6.07, 6.45) is -4.34. The number of nitrogens with zero attached hydrogens (tertiary/aromatic N) is 3. The molecule has 0 amide bonds. The van der Waals surface area contributed by atoms with E-state index in [4.69, 9.17) is 0 Å². The number of nitrogens with one attached hydrogen (secondary N) is 1. The first-order valence-corrected chi connectivity index (χ1v) is 7.58. The third-order valence-electron chi connectivity index (χ3n) is 3.98. The molecule has 1 N–H and O–H groups in total. The van der Waals surface area contributed by atoms with Gasteiger partial charge in [-0.2, -0.15) is 13.2 Å². The molecule has 128 valence electrons. The molecule has 1 saturated heterocycles. The molecule has 0 spiro atoms. The molecular formula is C16H17F3N4O. The molecule has 0 aliphatic carbocycles. The highest BCUT2D eigenvalue weighted by molar-refractivity contribution is 5.51. The Morgan fingerprint density at radius 2 is 1.75 bits per heavy atom. The molecule has 0 unspecified atom stereocenters. The number of hydrogen-bond donors (Lipinski definition) is 1. The first-order valence-electron chi connectivity index (χ1n) is 7.58. The van der Waals surface area contributed by atoms with Crippen molar-refractivity contribution in [1.82, 2.24) is 9.97 Å². The summed E-state index contributed by atoms with van der Waals surface area (Å²) < 4.78 is 38.5. The number of aromatic amines is 1. The first-order chi connectivity index (χ1) is 11.3. The average Bonchev–Trinajstić information content (AvgIpc) is 2.53. The van der Waals surface area contributed by atoms with Crippen LogP contribution in [0.1, 0.15) is 11.3 Å². The maximum Gasteiger partial charge on any atom is 0.416 e. The molecule has 3 rings (SSSR count). The lowest BCUT2D eigenvalue weighted by atomic mass is 10.1. The highest BCUT2D eigenvalue weighted by Gasteiger charge is 2.31. The van der Waals surface area contributed by atoms with Gasteiger partial charge in [0.05, 0.1) is 5.56 Å². The van der Waals surface area contributed by atoms with E-state index in [0.717, 1.165) is 6.07 Å². The molecule has 1 aromatic heterocycles. The van der Waals surface area contributed by atoms with Crippen LogP contribution < -0.4 is 15.4 Å². The SMILES string of the molecule is Cc1cc(=O)[nH]c(N2CCN(c3cccc(C(F)(F)F)c3)CC2)n1. The summed E-state index contributed by atoms with van der Waals surface area (Å²) in [6.45, 7) is 4.00. The summed E-state index contributed by atoms with van der Waals surface area (Å²) in [7, 11) is 0. The zero-order valence-electron chi connectivity index (χ0n) is 13.1. The smallest absolute Gasteiger partial charge is 0.368 e. The summed E-state index contributed by atoms with van der Waals surface area (Å²) >= 11 is 0. The van der Waals surface area contributed by atoms with Crippen molar-refractivity contribution < 1.29 is 13.2 Å². The molecular weight excluding hydrogens is 321 g/mol. The summed E-state index contributed by atoms with van der Waals surface area (Å²) in [4.78, 5) is 22.4. The van der Waals surface area contributed by atoms with Gasteiger partial charge in [0.25, 0.3) is 5.56 Å². The standard InChI is InChI=1S/C16H17F3N4O/c1-11-9-14(24)21-15(20-11)23-7-5-22(6-8-23)13-4-2-3-12(10-13)16(17,18)19/h2-4,9-10H,5-8H2,1H3,(H,20,21,24). The molecule has 1 aliphatic heterocycles. The van der Waals surface area contributed by atoms with Gasteiger partial charge in [-0.25, -0.2) is 4.98 Å². The van der Waals surface area contributed by atoms with Crippen molar-refractivity contribution in [2.75, 3.05) is 36.0 Å². The first kappa shape index (κ1) is 16.4. The largest absolute Gasteiger partial charge is 0.416 e. The minimum absolute atomic E-state index is 0.210. The predicted molar refractivity (Wildman–Crippen MR) is 85.5 cm³/mol. The van der Waals surface area contributed by atoms with E-state index in [-0.39, 0.29) is 5.56 Å². The lowest BCUT2D eigenvalue weighted by molar-refractivity contribution is -0.137. The van der Waals surface area contributed by atoms with Crippen molar-refractivity contribution in [3.63, 3.8) is 0 Å². The fourth-order valence-electron chi connectivity index (χ4n) is 2.77. The van der Waals surface area contributed by atoms with Gasteiger partial charge < -0.3 is 9.80 Å². The summed E-state index contributed by atoms with van der Waals surface area (Å²) in [5, 5.41) is 0. The number of anilines is 2. The van der Waals surface area contributed by atoms with E-state index >= 15 is 0 Å². The van der Waals surface area contributed by atoms with Gasteiger partial charge in [0.2, 0.25) is 5.95 Å². The molecule has 2 aromatic rings.